The SMILES string of the molecule is CC(=O)OC[C@H]1O[C@](Br)(N=[N+]=[N-])C[C@@H](OC(C)=O)[C@H]1OC(C)=O. The van der Waals surface area contributed by atoms with Gasteiger partial charge in [-0.05, 0) is 26.6 Å². The zero-order chi connectivity index (χ0) is 17.6. The molecule has 1 fully saturated rings. The predicted molar refractivity (Wildman–Crippen MR) is 78.0 cm³/mol. The molecule has 0 spiro atoms. The molecule has 1 saturated heterocycles. The summed E-state index contributed by atoms with van der Waals surface area (Å²) in [4.78, 5) is 36.2. The number of esters is 3. The minimum absolute atomic E-state index is 0.0921. The van der Waals surface area contributed by atoms with Crippen molar-refractivity contribution >= 4 is 33.8 Å². The van der Waals surface area contributed by atoms with Crippen LogP contribution in [0.2, 0.25) is 0 Å². The maximum absolute atomic E-state index is 11.3. The number of azide groups is 1. The van der Waals surface area contributed by atoms with Gasteiger partial charge in [-0.2, -0.15) is 0 Å². The molecule has 1 aliphatic heterocycles. The standard InChI is InChI=1S/C12H16BrN3O7/c1-6(17)20-5-10-11(22-8(3)19)9(21-7(2)18)4-12(13,23-10)15-16-14/h9-11H,4-5H2,1-3H3/t9-,10-,11-,12-/m1/s1. The summed E-state index contributed by atoms with van der Waals surface area (Å²) < 4.78 is 19.1. The van der Waals surface area contributed by atoms with Crippen molar-refractivity contribution in [3.05, 3.63) is 10.4 Å². The van der Waals surface area contributed by atoms with Crippen molar-refractivity contribution in [1.82, 2.24) is 0 Å². The first-order chi connectivity index (χ1) is 10.7. The van der Waals surface area contributed by atoms with Crippen LogP contribution in [0.25, 0.3) is 10.4 Å². The van der Waals surface area contributed by atoms with E-state index in [2.05, 4.69) is 26.0 Å². The van der Waals surface area contributed by atoms with Crippen molar-refractivity contribution in [3.8, 4) is 0 Å². The highest BCUT2D eigenvalue weighted by atomic mass is 79.9. The quantitative estimate of drug-likeness (QED) is 0.131. The molecule has 0 unspecified atom stereocenters. The second-order valence-electron chi connectivity index (χ2n) is 4.76. The van der Waals surface area contributed by atoms with Gasteiger partial charge in [0.15, 0.2) is 6.10 Å². The van der Waals surface area contributed by atoms with Crippen molar-refractivity contribution in [2.75, 3.05) is 6.61 Å². The van der Waals surface area contributed by atoms with Crippen LogP contribution in [-0.4, -0.2) is 47.5 Å². The van der Waals surface area contributed by atoms with Crippen LogP contribution in [0, 0.1) is 0 Å². The molecule has 0 bridgehead atoms. The lowest BCUT2D eigenvalue weighted by Gasteiger charge is -2.42. The van der Waals surface area contributed by atoms with E-state index < -0.39 is 40.9 Å². The fraction of sp³-hybridized carbons (Fsp3) is 0.750. The van der Waals surface area contributed by atoms with E-state index in [1.165, 1.54) is 20.8 Å². The highest BCUT2D eigenvalue weighted by Crippen LogP contribution is 2.38. The number of carbonyl (C=O) groups is 3. The second kappa shape index (κ2) is 8.14. The van der Waals surface area contributed by atoms with Crippen molar-refractivity contribution in [2.24, 2.45) is 5.11 Å². The van der Waals surface area contributed by atoms with Crippen LogP contribution in [0.3, 0.4) is 0 Å². The second-order valence-corrected chi connectivity index (χ2v) is 6.00. The van der Waals surface area contributed by atoms with E-state index >= 15 is 0 Å². The molecular formula is C12H16BrN3O7. The first-order valence-electron chi connectivity index (χ1n) is 6.57. The number of hydrogen-bond acceptors (Lipinski definition) is 8. The van der Waals surface area contributed by atoms with Gasteiger partial charge >= 0.3 is 17.9 Å². The van der Waals surface area contributed by atoms with E-state index in [1.54, 1.807) is 0 Å². The van der Waals surface area contributed by atoms with Gasteiger partial charge in [-0.25, -0.2) is 0 Å². The average Bonchev–Trinajstić information content (AvgIpc) is 2.38. The molecular weight excluding hydrogens is 378 g/mol. The summed E-state index contributed by atoms with van der Waals surface area (Å²) in [6.45, 7) is 3.28. The number of alkyl halides is 1. The van der Waals surface area contributed by atoms with Crippen LogP contribution in [-0.2, 0) is 33.3 Å². The Morgan fingerprint density at radius 3 is 2.35 bits per heavy atom. The number of hydrogen-bond donors (Lipinski definition) is 0. The van der Waals surface area contributed by atoms with E-state index in [1.807, 2.05) is 0 Å². The highest BCUT2D eigenvalue weighted by Gasteiger charge is 2.49. The summed E-state index contributed by atoms with van der Waals surface area (Å²) in [6, 6.07) is 0. The Morgan fingerprint density at radius 1 is 1.26 bits per heavy atom. The molecule has 0 aromatic heterocycles. The van der Waals surface area contributed by atoms with Crippen LogP contribution in [0.1, 0.15) is 27.2 Å². The normalized spacial score (nSPS) is 29.8. The third-order valence-corrected chi connectivity index (χ3v) is 3.45. The van der Waals surface area contributed by atoms with Gasteiger partial charge in [0.2, 0.25) is 4.63 Å². The third-order valence-electron chi connectivity index (χ3n) is 2.78. The monoisotopic (exact) mass is 393 g/mol. The van der Waals surface area contributed by atoms with Gasteiger partial charge in [-0.3, -0.25) is 14.4 Å². The molecule has 0 N–H and O–H groups in total. The van der Waals surface area contributed by atoms with Crippen molar-refractivity contribution in [1.29, 1.82) is 0 Å². The molecule has 10 nitrogen and oxygen atoms in total. The molecule has 1 heterocycles. The largest absolute Gasteiger partial charge is 0.463 e. The van der Waals surface area contributed by atoms with E-state index in [9.17, 15) is 14.4 Å². The molecule has 1 rings (SSSR count). The summed E-state index contributed by atoms with van der Waals surface area (Å²) >= 11 is 3.11. The molecule has 0 aromatic carbocycles. The molecule has 4 atom stereocenters. The lowest BCUT2D eigenvalue weighted by Crippen LogP contribution is -2.56. The Morgan fingerprint density at radius 2 is 1.87 bits per heavy atom. The smallest absolute Gasteiger partial charge is 0.303 e. The van der Waals surface area contributed by atoms with Crippen LogP contribution in [0.4, 0.5) is 0 Å². The number of nitrogens with zero attached hydrogens (tertiary/aromatic N) is 3. The Labute approximate surface area is 140 Å². The third kappa shape index (κ3) is 6.05. The van der Waals surface area contributed by atoms with Crippen LogP contribution in [0.5, 0.6) is 0 Å². The first-order valence-corrected chi connectivity index (χ1v) is 7.37. The Balaban J connectivity index is 3.09. The van der Waals surface area contributed by atoms with Gasteiger partial charge in [0, 0.05) is 32.1 Å². The van der Waals surface area contributed by atoms with Gasteiger partial charge in [-0.1, -0.05) is 0 Å². The fourth-order valence-corrected chi connectivity index (χ4v) is 2.71. The van der Waals surface area contributed by atoms with E-state index in [0.29, 0.717) is 0 Å². The van der Waals surface area contributed by atoms with Gasteiger partial charge in [0.25, 0.3) is 0 Å². The lowest BCUT2D eigenvalue weighted by atomic mass is 10.0. The summed E-state index contributed by atoms with van der Waals surface area (Å²) in [5.41, 5.74) is 8.64. The van der Waals surface area contributed by atoms with E-state index in [0.717, 1.165) is 0 Å². The summed E-state index contributed by atoms with van der Waals surface area (Å²) in [6.07, 6.45) is -3.05. The fourth-order valence-electron chi connectivity index (χ4n) is 2.08. The average molecular weight is 394 g/mol. The molecule has 1 aliphatic rings. The molecule has 23 heavy (non-hydrogen) atoms. The summed E-state index contributed by atoms with van der Waals surface area (Å²) in [7, 11) is 0. The molecule has 0 radical (unpaired) electrons. The van der Waals surface area contributed by atoms with Gasteiger partial charge < -0.3 is 18.9 Å². The molecule has 128 valence electrons. The topological polar surface area (TPSA) is 137 Å². The molecule has 11 heteroatoms. The van der Waals surface area contributed by atoms with Gasteiger partial charge in [0.05, 0.1) is 0 Å². The van der Waals surface area contributed by atoms with Crippen molar-refractivity contribution in [2.45, 2.75) is 50.1 Å². The molecule has 0 saturated carbocycles. The number of carbonyl (C=O) groups excluding carboxylic acids is 3. The zero-order valence-corrected chi connectivity index (χ0v) is 14.3. The molecule has 0 amide bonds. The first kappa shape index (κ1) is 19.2. The van der Waals surface area contributed by atoms with Crippen LogP contribution >= 0.6 is 15.9 Å². The maximum atomic E-state index is 11.3. The van der Waals surface area contributed by atoms with Gasteiger partial charge in [0.1, 0.15) is 18.8 Å². The minimum atomic E-state index is -1.52. The maximum Gasteiger partial charge on any atom is 0.303 e. The number of ether oxygens (including phenoxy) is 4. The van der Waals surface area contributed by atoms with E-state index in [-0.39, 0.29) is 13.0 Å². The van der Waals surface area contributed by atoms with E-state index in [4.69, 9.17) is 24.5 Å². The highest BCUT2D eigenvalue weighted by molar-refractivity contribution is 9.10. The Kier molecular flexibility index (Phi) is 6.79. The van der Waals surface area contributed by atoms with Crippen molar-refractivity contribution < 1.29 is 33.3 Å². The summed E-state index contributed by atoms with van der Waals surface area (Å²) in [5, 5.41) is 3.47. The lowest BCUT2D eigenvalue weighted by molar-refractivity contribution is -0.219. The van der Waals surface area contributed by atoms with Crippen LogP contribution < -0.4 is 0 Å². The predicted octanol–water partition coefficient (Wildman–Crippen LogP) is 1.56. The number of rotatable bonds is 5. The zero-order valence-electron chi connectivity index (χ0n) is 12.7. The summed E-state index contributed by atoms with van der Waals surface area (Å²) in [5.74, 6) is -1.82. The Bertz CT molecular complexity index is 537. The minimum Gasteiger partial charge on any atom is -0.463 e. The Hall–Kier alpha value is -1.84. The molecule has 0 aromatic rings. The number of halogens is 1. The van der Waals surface area contributed by atoms with Crippen LogP contribution in [0.15, 0.2) is 5.11 Å². The van der Waals surface area contributed by atoms with Crippen molar-refractivity contribution in [3.63, 3.8) is 0 Å². The van der Waals surface area contributed by atoms with Gasteiger partial charge in [-0.15, -0.1) is 0 Å². The molecule has 0 aliphatic carbocycles.